The van der Waals surface area contributed by atoms with Crippen molar-refractivity contribution in [3.63, 3.8) is 0 Å². The van der Waals surface area contributed by atoms with Gasteiger partial charge in [-0.3, -0.25) is 14.3 Å². The number of nitrogens with zero attached hydrogens (tertiary/aromatic N) is 1. The summed E-state index contributed by atoms with van der Waals surface area (Å²) in [5.41, 5.74) is -2.94. The minimum atomic E-state index is -1.68. The standard InChI is InChI=1S/C16H23FN2O6/c1-10-12(24-16(23)5-2-3-6-16)15(8-17,9-20)25-13(10)19-7-4-11(21)18-14(19)22/h4,7,10,12-13,20,23H,2-3,5-6,8-9H2,1H3,(H,18,21,22). The highest BCUT2D eigenvalue weighted by atomic mass is 19.1. The molecule has 4 unspecified atom stereocenters. The van der Waals surface area contributed by atoms with Crippen molar-refractivity contribution in [2.24, 2.45) is 5.92 Å². The predicted octanol–water partition coefficient (Wildman–Crippen LogP) is 0.0499. The zero-order chi connectivity index (χ0) is 18.2. The van der Waals surface area contributed by atoms with Crippen LogP contribution in [-0.2, 0) is 9.47 Å². The molecule has 1 aromatic rings. The summed E-state index contributed by atoms with van der Waals surface area (Å²) in [5.74, 6) is -1.93. The van der Waals surface area contributed by atoms with Gasteiger partial charge in [-0.05, 0) is 12.8 Å². The second-order valence-corrected chi connectivity index (χ2v) is 6.93. The second kappa shape index (κ2) is 6.64. The number of hydrogen-bond acceptors (Lipinski definition) is 6. The Hall–Kier alpha value is -1.55. The van der Waals surface area contributed by atoms with Crippen molar-refractivity contribution in [1.82, 2.24) is 9.55 Å². The fourth-order valence-electron chi connectivity index (χ4n) is 3.75. The van der Waals surface area contributed by atoms with Gasteiger partial charge in [0.25, 0.3) is 5.56 Å². The van der Waals surface area contributed by atoms with Gasteiger partial charge in [-0.25, -0.2) is 9.18 Å². The minimum absolute atomic E-state index is 0.424. The van der Waals surface area contributed by atoms with Gasteiger partial charge in [-0.15, -0.1) is 0 Å². The first kappa shape index (κ1) is 18.2. The van der Waals surface area contributed by atoms with E-state index < -0.39 is 54.2 Å². The summed E-state index contributed by atoms with van der Waals surface area (Å²) in [6.07, 6.45) is 1.80. The van der Waals surface area contributed by atoms with Crippen LogP contribution in [-0.4, -0.2) is 50.5 Å². The van der Waals surface area contributed by atoms with Crippen LogP contribution in [0, 0.1) is 5.92 Å². The Morgan fingerprint density at radius 1 is 1.44 bits per heavy atom. The van der Waals surface area contributed by atoms with Crippen LogP contribution in [0.5, 0.6) is 0 Å². The first-order chi connectivity index (χ1) is 11.8. The predicted molar refractivity (Wildman–Crippen MR) is 84.7 cm³/mol. The maximum Gasteiger partial charge on any atom is 0.330 e. The molecule has 8 nitrogen and oxygen atoms in total. The van der Waals surface area contributed by atoms with Crippen molar-refractivity contribution in [1.29, 1.82) is 0 Å². The molecule has 1 aromatic heterocycles. The van der Waals surface area contributed by atoms with Gasteiger partial charge < -0.3 is 19.7 Å². The molecule has 1 aliphatic carbocycles. The first-order valence-corrected chi connectivity index (χ1v) is 8.40. The molecule has 0 bridgehead atoms. The highest BCUT2D eigenvalue weighted by Crippen LogP contribution is 2.46. The highest BCUT2D eigenvalue weighted by Gasteiger charge is 2.57. The van der Waals surface area contributed by atoms with Crippen LogP contribution in [0.25, 0.3) is 0 Å². The molecule has 0 amide bonds. The molecule has 140 valence electrons. The fraction of sp³-hybridized carbons (Fsp3) is 0.750. The second-order valence-electron chi connectivity index (χ2n) is 6.93. The van der Waals surface area contributed by atoms with E-state index in [1.54, 1.807) is 6.92 Å². The zero-order valence-electron chi connectivity index (χ0n) is 14.0. The molecular formula is C16H23FN2O6. The molecule has 25 heavy (non-hydrogen) atoms. The van der Waals surface area contributed by atoms with Gasteiger partial charge in [-0.1, -0.05) is 6.92 Å². The molecule has 0 aromatic carbocycles. The van der Waals surface area contributed by atoms with E-state index in [0.29, 0.717) is 12.8 Å². The summed E-state index contributed by atoms with van der Waals surface area (Å²) in [6, 6.07) is 1.16. The van der Waals surface area contributed by atoms with E-state index in [9.17, 15) is 24.2 Å². The van der Waals surface area contributed by atoms with Crippen molar-refractivity contribution >= 4 is 0 Å². The van der Waals surface area contributed by atoms with Gasteiger partial charge in [-0.2, -0.15) is 0 Å². The number of rotatable bonds is 5. The Balaban J connectivity index is 1.95. The third kappa shape index (κ3) is 3.17. The van der Waals surface area contributed by atoms with Crippen LogP contribution in [0.4, 0.5) is 4.39 Å². The van der Waals surface area contributed by atoms with Crippen LogP contribution in [0.3, 0.4) is 0 Å². The molecule has 1 aliphatic heterocycles. The lowest BCUT2D eigenvalue weighted by molar-refractivity contribution is -0.260. The summed E-state index contributed by atoms with van der Waals surface area (Å²) in [7, 11) is 0. The normalized spacial score (nSPS) is 34.5. The molecular weight excluding hydrogens is 335 g/mol. The van der Waals surface area contributed by atoms with Crippen molar-refractivity contribution in [3.8, 4) is 0 Å². The number of H-pyrrole nitrogens is 1. The van der Waals surface area contributed by atoms with Gasteiger partial charge in [0.1, 0.15) is 24.6 Å². The fourth-order valence-corrected chi connectivity index (χ4v) is 3.75. The smallest absolute Gasteiger partial charge is 0.330 e. The van der Waals surface area contributed by atoms with Gasteiger partial charge in [0.2, 0.25) is 0 Å². The summed E-state index contributed by atoms with van der Waals surface area (Å²) >= 11 is 0. The Morgan fingerprint density at radius 2 is 2.12 bits per heavy atom. The quantitative estimate of drug-likeness (QED) is 0.641. The molecule has 0 radical (unpaired) electrons. The van der Waals surface area contributed by atoms with Crippen LogP contribution < -0.4 is 11.2 Å². The lowest BCUT2D eigenvalue weighted by Gasteiger charge is -2.36. The summed E-state index contributed by atoms with van der Waals surface area (Å²) in [5, 5.41) is 20.3. The number of aliphatic hydroxyl groups is 2. The van der Waals surface area contributed by atoms with Crippen molar-refractivity contribution in [2.75, 3.05) is 13.3 Å². The van der Waals surface area contributed by atoms with E-state index in [1.807, 2.05) is 0 Å². The van der Waals surface area contributed by atoms with Crippen LogP contribution in [0.1, 0.15) is 38.8 Å². The van der Waals surface area contributed by atoms with E-state index in [2.05, 4.69) is 4.98 Å². The number of nitrogens with one attached hydrogen (secondary N) is 1. The number of aromatic amines is 1. The average Bonchev–Trinajstić information content (AvgIpc) is 3.12. The Labute approximate surface area is 143 Å². The Kier molecular flexibility index (Phi) is 4.84. The molecule has 3 rings (SSSR count). The van der Waals surface area contributed by atoms with Crippen LogP contribution in [0.15, 0.2) is 21.9 Å². The maximum absolute atomic E-state index is 13.8. The SMILES string of the molecule is CC1C(n2ccc(=O)[nH]c2=O)OC(CO)(CF)C1OC1(O)CCCC1. The topological polar surface area (TPSA) is 114 Å². The molecule has 9 heteroatoms. The van der Waals surface area contributed by atoms with Crippen LogP contribution in [0.2, 0.25) is 0 Å². The van der Waals surface area contributed by atoms with Crippen molar-refractivity contribution in [3.05, 3.63) is 33.1 Å². The van der Waals surface area contributed by atoms with Crippen molar-refractivity contribution in [2.45, 2.75) is 56.3 Å². The largest absolute Gasteiger partial charge is 0.393 e. The summed E-state index contributed by atoms with van der Waals surface area (Å²) in [6.45, 7) is -0.00928. The molecule has 2 aliphatic rings. The van der Waals surface area contributed by atoms with Gasteiger partial charge in [0.15, 0.2) is 5.79 Å². The third-order valence-corrected chi connectivity index (χ3v) is 5.15. The Morgan fingerprint density at radius 3 is 2.68 bits per heavy atom. The maximum atomic E-state index is 13.8. The molecule has 1 saturated carbocycles. The van der Waals surface area contributed by atoms with Crippen molar-refractivity contribution < 1.29 is 24.1 Å². The lowest BCUT2D eigenvalue weighted by Crippen LogP contribution is -2.51. The number of alkyl halides is 1. The zero-order valence-corrected chi connectivity index (χ0v) is 14.0. The number of aliphatic hydroxyl groups excluding tert-OH is 1. The molecule has 2 heterocycles. The molecule has 4 atom stereocenters. The first-order valence-electron chi connectivity index (χ1n) is 8.40. The van der Waals surface area contributed by atoms with Crippen LogP contribution >= 0.6 is 0 Å². The molecule has 2 fully saturated rings. The molecule has 3 N–H and O–H groups in total. The number of hydrogen-bond donors (Lipinski definition) is 3. The number of halogens is 1. The average molecular weight is 358 g/mol. The monoisotopic (exact) mass is 358 g/mol. The Bertz CT molecular complexity index is 722. The van der Waals surface area contributed by atoms with Gasteiger partial charge in [0.05, 0.1) is 6.61 Å². The number of ether oxygens (including phenoxy) is 2. The molecule has 0 spiro atoms. The van der Waals surface area contributed by atoms with Gasteiger partial charge in [0, 0.05) is 31.0 Å². The van der Waals surface area contributed by atoms with E-state index in [4.69, 9.17) is 9.47 Å². The van der Waals surface area contributed by atoms with Gasteiger partial charge >= 0.3 is 5.69 Å². The minimum Gasteiger partial charge on any atom is -0.393 e. The summed E-state index contributed by atoms with van der Waals surface area (Å²) in [4.78, 5) is 25.4. The van der Waals surface area contributed by atoms with E-state index in [1.165, 1.54) is 6.20 Å². The lowest BCUT2D eigenvalue weighted by atomic mass is 9.91. The van der Waals surface area contributed by atoms with E-state index >= 15 is 0 Å². The number of aromatic nitrogens is 2. The highest BCUT2D eigenvalue weighted by molar-refractivity contribution is 5.02. The van der Waals surface area contributed by atoms with E-state index in [-0.39, 0.29) is 0 Å². The summed E-state index contributed by atoms with van der Waals surface area (Å²) < 4.78 is 26.5. The molecule has 1 saturated heterocycles. The third-order valence-electron chi connectivity index (χ3n) is 5.15. The van der Waals surface area contributed by atoms with E-state index in [0.717, 1.165) is 23.5 Å².